The maximum Gasteiger partial charge on any atom is 0.308 e. The largest absolute Gasteiger partial charge is 0.481 e. The van der Waals surface area contributed by atoms with Gasteiger partial charge in [-0.1, -0.05) is 29.8 Å². The van der Waals surface area contributed by atoms with Crippen molar-refractivity contribution in [1.82, 2.24) is 4.90 Å². The van der Waals surface area contributed by atoms with Gasteiger partial charge in [0.15, 0.2) is 0 Å². The van der Waals surface area contributed by atoms with Crippen LogP contribution in [0, 0.1) is 12.8 Å². The van der Waals surface area contributed by atoms with Crippen LogP contribution in [0.15, 0.2) is 24.3 Å². The van der Waals surface area contributed by atoms with E-state index in [0.29, 0.717) is 6.54 Å². The summed E-state index contributed by atoms with van der Waals surface area (Å²) in [6.45, 7) is 3.52. The van der Waals surface area contributed by atoms with Crippen LogP contribution in [0.25, 0.3) is 0 Å². The lowest BCUT2D eigenvalue weighted by Gasteiger charge is -2.15. The zero-order valence-corrected chi connectivity index (χ0v) is 9.68. The van der Waals surface area contributed by atoms with E-state index in [1.54, 1.807) is 0 Å². The molecule has 1 aliphatic rings. The molecule has 1 aliphatic heterocycles. The minimum Gasteiger partial charge on any atom is -0.481 e. The molecule has 0 saturated carbocycles. The number of hydrogen-bond donors (Lipinski definition) is 1. The third-order valence-corrected chi connectivity index (χ3v) is 3.33. The number of nitrogens with zero attached hydrogens (tertiary/aromatic N) is 1. The molecule has 0 bridgehead atoms. The van der Waals surface area contributed by atoms with E-state index in [9.17, 15) is 9.90 Å². The van der Waals surface area contributed by atoms with Gasteiger partial charge in [-0.3, -0.25) is 4.79 Å². The minimum absolute atomic E-state index is 0.128. The van der Waals surface area contributed by atoms with Crippen molar-refractivity contribution in [2.24, 2.45) is 5.92 Å². The van der Waals surface area contributed by atoms with E-state index in [1.807, 2.05) is 26.1 Å². The molecule has 2 atom stereocenters. The smallest absolute Gasteiger partial charge is 0.308 e. The second-order valence-corrected chi connectivity index (χ2v) is 4.68. The number of benzene rings is 1. The summed E-state index contributed by atoms with van der Waals surface area (Å²) in [4.78, 5) is 13.3. The van der Waals surface area contributed by atoms with Crippen LogP contribution in [0.3, 0.4) is 0 Å². The molecule has 0 aliphatic carbocycles. The van der Waals surface area contributed by atoms with Gasteiger partial charge in [-0.2, -0.15) is 0 Å². The van der Waals surface area contributed by atoms with Crippen LogP contribution in [0.1, 0.15) is 17.0 Å². The molecule has 1 N–H and O–H groups in total. The van der Waals surface area contributed by atoms with E-state index < -0.39 is 5.97 Å². The molecule has 1 heterocycles. The van der Waals surface area contributed by atoms with Crippen LogP contribution in [0.5, 0.6) is 0 Å². The van der Waals surface area contributed by atoms with Crippen molar-refractivity contribution in [3.05, 3.63) is 35.4 Å². The highest BCUT2D eigenvalue weighted by atomic mass is 16.4. The first-order valence-electron chi connectivity index (χ1n) is 5.56. The maximum absolute atomic E-state index is 11.2. The molecule has 2 rings (SSSR count). The zero-order valence-electron chi connectivity index (χ0n) is 9.68. The fourth-order valence-electron chi connectivity index (χ4n) is 2.40. The van der Waals surface area contributed by atoms with Crippen molar-refractivity contribution < 1.29 is 9.90 Å². The van der Waals surface area contributed by atoms with Crippen molar-refractivity contribution in [2.45, 2.75) is 12.8 Å². The Balaban J connectivity index is 2.25. The number of rotatable bonds is 2. The summed E-state index contributed by atoms with van der Waals surface area (Å²) in [5, 5.41) is 9.19. The first-order chi connectivity index (χ1) is 7.58. The molecule has 3 heteroatoms. The number of carboxylic acids is 1. The van der Waals surface area contributed by atoms with Gasteiger partial charge in [-0.05, 0) is 19.5 Å². The molecule has 0 spiro atoms. The van der Waals surface area contributed by atoms with Crippen LogP contribution in [0.2, 0.25) is 0 Å². The summed E-state index contributed by atoms with van der Waals surface area (Å²) in [5.74, 6) is -0.828. The number of carboxylic acid groups (broad SMARTS) is 1. The highest BCUT2D eigenvalue weighted by molar-refractivity contribution is 5.72. The predicted molar refractivity (Wildman–Crippen MR) is 62.5 cm³/mol. The fourth-order valence-corrected chi connectivity index (χ4v) is 2.40. The van der Waals surface area contributed by atoms with Gasteiger partial charge in [-0.15, -0.1) is 0 Å². The summed E-state index contributed by atoms with van der Waals surface area (Å²) in [7, 11) is 1.98. The molecule has 86 valence electrons. The van der Waals surface area contributed by atoms with E-state index in [1.165, 1.54) is 5.56 Å². The lowest BCUT2D eigenvalue weighted by Crippen LogP contribution is -2.21. The summed E-state index contributed by atoms with van der Waals surface area (Å²) >= 11 is 0. The number of aliphatic carboxylic acids is 1. The molecular weight excluding hydrogens is 202 g/mol. The van der Waals surface area contributed by atoms with Crippen molar-refractivity contribution in [3.8, 4) is 0 Å². The molecule has 1 aromatic carbocycles. The molecular formula is C13H17NO2. The quantitative estimate of drug-likeness (QED) is 0.823. The van der Waals surface area contributed by atoms with Crippen molar-refractivity contribution >= 4 is 5.97 Å². The lowest BCUT2D eigenvalue weighted by atomic mass is 9.89. The standard InChI is InChI=1S/C13H17NO2/c1-9-3-5-10(6-4-9)11-7-14(2)8-12(11)13(15)16/h3-6,11-12H,7-8H2,1-2H3,(H,15,16)/t11-,12+/m0/s1. The highest BCUT2D eigenvalue weighted by Gasteiger charge is 2.36. The van der Waals surface area contributed by atoms with Gasteiger partial charge in [0.2, 0.25) is 0 Å². The molecule has 1 aromatic rings. The first-order valence-corrected chi connectivity index (χ1v) is 5.56. The Morgan fingerprint density at radius 1 is 1.31 bits per heavy atom. The number of aryl methyl sites for hydroxylation is 1. The van der Waals surface area contributed by atoms with Crippen LogP contribution >= 0.6 is 0 Å². The van der Waals surface area contributed by atoms with Gasteiger partial charge in [0.25, 0.3) is 0 Å². The van der Waals surface area contributed by atoms with E-state index >= 15 is 0 Å². The van der Waals surface area contributed by atoms with E-state index in [4.69, 9.17) is 0 Å². The SMILES string of the molecule is Cc1ccc([C@@H]2CN(C)C[C@H]2C(=O)O)cc1. The van der Waals surface area contributed by atoms with Gasteiger partial charge in [0.05, 0.1) is 5.92 Å². The van der Waals surface area contributed by atoms with Gasteiger partial charge in [0.1, 0.15) is 0 Å². The number of carbonyl (C=O) groups is 1. The predicted octanol–water partition coefficient (Wildman–Crippen LogP) is 1.72. The number of hydrogen-bond acceptors (Lipinski definition) is 2. The second-order valence-electron chi connectivity index (χ2n) is 4.68. The lowest BCUT2D eigenvalue weighted by molar-refractivity contribution is -0.141. The normalized spacial score (nSPS) is 25.9. The summed E-state index contributed by atoms with van der Waals surface area (Å²) in [6, 6.07) is 8.20. The average Bonchev–Trinajstić information content (AvgIpc) is 2.61. The summed E-state index contributed by atoms with van der Waals surface area (Å²) < 4.78 is 0. The molecule has 1 fully saturated rings. The van der Waals surface area contributed by atoms with Crippen LogP contribution in [-0.4, -0.2) is 36.1 Å². The van der Waals surface area contributed by atoms with Crippen LogP contribution < -0.4 is 0 Å². The minimum atomic E-state index is -0.685. The molecule has 3 nitrogen and oxygen atoms in total. The summed E-state index contributed by atoms with van der Waals surface area (Å²) in [6.07, 6.45) is 0. The van der Waals surface area contributed by atoms with Crippen molar-refractivity contribution in [3.63, 3.8) is 0 Å². The molecule has 16 heavy (non-hydrogen) atoms. The Kier molecular flexibility index (Phi) is 2.97. The van der Waals surface area contributed by atoms with Gasteiger partial charge in [0, 0.05) is 19.0 Å². The molecule has 0 unspecified atom stereocenters. The Bertz CT molecular complexity index is 385. The topological polar surface area (TPSA) is 40.5 Å². The Labute approximate surface area is 95.7 Å². The second kappa shape index (κ2) is 4.26. The number of likely N-dealkylation sites (N-methyl/N-ethyl adjacent to an activating group) is 1. The average molecular weight is 219 g/mol. The van der Waals surface area contributed by atoms with Gasteiger partial charge in [-0.25, -0.2) is 0 Å². The Hall–Kier alpha value is -1.35. The Morgan fingerprint density at radius 3 is 2.50 bits per heavy atom. The fraction of sp³-hybridized carbons (Fsp3) is 0.462. The van der Waals surface area contributed by atoms with Crippen LogP contribution in [-0.2, 0) is 4.79 Å². The Morgan fingerprint density at radius 2 is 1.94 bits per heavy atom. The molecule has 0 aromatic heterocycles. The zero-order chi connectivity index (χ0) is 11.7. The molecule has 0 amide bonds. The van der Waals surface area contributed by atoms with E-state index in [2.05, 4.69) is 17.0 Å². The van der Waals surface area contributed by atoms with E-state index in [-0.39, 0.29) is 11.8 Å². The van der Waals surface area contributed by atoms with Crippen molar-refractivity contribution in [1.29, 1.82) is 0 Å². The summed E-state index contributed by atoms with van der Waals surface area (Å²) in [5.41, 5.74) is 2.35. The monoisotopic (exact) mass is 219 g/mol. The molecule has 0 radical (unpaired) electrons. The molecule has 1 saturated heterocycles. The maximum atomic E-state index is 11.2. The van der Waals surface area contributed by atoms with Gasteiger partial charge < -0.3 is 10.0 Å². The van der Waals surface area contributed by atoms with E-state index in [0.717, 1.165) is 12.1 Å². The number of likely N-dealkylation sites (tertiary alicyclic amines) is 1. The van der Waals surface area contributed by atoms with Crippen LogP contribution in [0.4, 0.5) is 0 Å². The third kappa shape index (κ3) is 2.09. The van der Waals surface area contributed by atoms with Gasteiger partial charge >= 0.3 is 5.97 Å². The highest BCUT2D eigenvalue weighted by Crippen LogP contribution is 2.32. The third-order valence-electron chi connectivity index (χ3n) is 3.33. The van der Waals surface area contributed by atoms with Crippen molar-refractivity contribution in [2.75, 3.05) is 20.1 Å². The first kappa shape index (κ1) is 11.1.